The van der Waals surface area contributed by atoms with Gasteiger partial charge in [0.15, 0.2) is 6.61 Å². The van der Waals surface area contributed by atoms with Crippen LogP contribution in [0.4, 0.5) is 11.4 Å². The zero-order chi connectivity index (χ0) is 22.4. The number of aryl methyl sites for hydroxylation is 1. The predicted octanol–water partition coefficient (Wildman–Crippen LogP) is 5.63. The number of hydrogen-bond acceptors (Lipinski definition) is 4. The molecule has 0 spiro atoms. The smallest absolute Gasteiger partial charge is 0.335 e. The SMILES string of the molecule is Cc1ccc(NC(=O)COc2ccc(CNc3cccc(C(=O)O)c3)cc2Cl)cc1Cl. The van der Waals surface area contributed by atoms with Crippen LogP contribution in [-0.2, 0) is 11.3 Å². The van der Waals surface area contributed by atoms with Crippen LogP contribution in [0.3, 0.4) is 0 Å². The normalized spacial score (nSPS) is 10.4. The minimum atomic E-state index is -0.984. The number of ether oxygens (including phenoxy) is 1. The van der Waals surface area contributed by atoms with Crippen LogP contribution in [-0.4, -0.2) is 23.6 Å². The van der Waals surface area contributed by atoms with E-state index in [0.717, 1.165) is 11.1 Å². The maximum Gasteiger partial charge on any atom is 0.335 e. The molecule has 0 unspecified atom stereocenters. The molecule has 3 aromatic rings. The Balaban J connectivity index is 1.54. The highest BCUT2D eigenvalue weighted by molar-refractivity contribution is 6.32. The molecule has 3 aromatic carbocycles. The third kappa shape index (κ3) is 6.38. The van der Waals surface area contributed by atoms with Gasteiger partial charge < -0.3 is 20.5 Å². The molecule has 0 bridgehead atoms. The van der Waals surface area contributed by atoms with E-state index in [9.17, 15) is 9.59 Å². The van der Waals surface area contributed by atoms with E-state index < -0.39 is 5.97 Å². The van der Waals surface area contributed by atoms with Gasteiger partial charge in [-0.15, -0.1) is 0 Å². The topological polar surface area (TPSA) is 87.7 Å². The van der Waals surface area contributed by atoms with Gasteiger partial charge >= 0.3 is 5.97 Å². The quantitative estimate of drug-likeness (QED) is 0.407. The van der Waals surface area contributed by atoms with E-state index in [1.165, 1.54) is 6.07 Å². The van der Waals surface area contributed by atoms with Gasteiger partial charge in [-0.05, 0) is 60.5 Å². The van der Waals surface area contributed by atoms with Crippen LogP contribution in [0, 0.1) is 6.92 Å². The number of carbonyl (C=O) groups excluding carboxylic acids is 1. The summed E-state index contributed by atoms with van der Waals surface area (Å²) in [6, 6.07) is 17.0. The van der Waals surface area contributed by atoms with E-state index in [0.29, 0.717) is 33.7 Å². The fourth-order valence-electron chi connectivity index (χ4n) is 2.75. The highest BCUT2D eigenvalue weighted by atomic mass is 35.5. The second-order valence-corrected chi connectivity index (χ2v) is 7.62. The van der Waals surface area contributed by atoms with E-state index in [1.807, 2.05) is 19.1 Å². The van der Waals surface area contributed by atoms with Gasteiger partial charge in [0, 0.05) is 22.9 Å². The number of rotatable bonds is 8. The van der Waals surface area contributed by atoms with Gasteiger partial charge in [-0.2, -0.15) is 0 Å². The number of aromatic carboxylic acids is 1. The van der Waals surface area contributed by atoms with Gasteiger partial charge in [0.2, 0.25) is 0 Å². The van der Waals surface area contributed by atoms with Crippen molar-refractivity contribution in [1.82, 2.24) is 0 Å². The lowest BCUT2D eigenvalue weighted by atomic mass is 10.2. The van der Waals surface area contributed by atoms with Crippen molar-refractivity contribution in [2.45, 2.75) is 13.5 Å². The van der Waals surface area contributed by atoms with Crippen LogP contribution in [0.1, 0.15) is 21.5 Å². The molecule has 0 saturated heterocycles. The molecular formula is C23H20Cl2N2O4. The average molecular weight is 459 g/mol. The minimum Gasteiger partial charge on any atom is -0.482 e. The van der Waals surface area contributed by atoms with Crippen LogP contribution >= 0.6 is 23.2 Å². The number of anilines is 2. The molecule has 6 nitrogen and oxygen atoms in total. The highest BCUT2D eigenvalue weighted by Crippen LogP contribution is 2.26. The molecule has 0 aliphatic heterocycles. The summed E-state index contributed by atoms with van der Waals surface area (Å²) in [6.07, 6.45) is 0. The van der Waals surface area contributed by atoms with Crippen molar-refractivity contribution in [3.63, 3.8) is 0 Å². The molecule has 0 radical (unpaired) electrons. The molecule has 0 saturated carbocycles. The molecule has 3 N–H and O–H groups in total. The van der Waals surface area contributed by atoms with Crippen LogP contribution < -0.4 is 15.4 Å². The van der Waals surface area contributed by atoms with Crippen LogP contribution in [0.25, 0.3) is 0 Å². The van der Waals surface area contributed by atoms with Gasteiger partial charge in [-0.1, -0.05) is 41.4 Å². The maximum absolute atomic E-state index is 12.1. The summed E-state index contributed by atoms with van der Waals surface area (Å²) in [7, 11) is 0. The second kappa shape index (κ2) is 10.2. The zero-order valence-electron chi connectivity index (χ0n) is 16.6. The molecule has 0 atom stereocenters. The first-order chi connectivity index (χ1) is 14.8. The first-order valence-corrected chi connectivity index (χ1v) is 10.1. The Morgan fingerprint density at radius 1 is 0.968 bits per heavy atom. The first kappa shape index (κ1) is 22.5. The molecule has 31 heavy (non-hydrogen) atoms. The summed E-state index contributed by atoms with van der Waals surface area (Å²) in [6.45, 7) is 2.12. The lowest BCUT2D eigenvalue weighted by molar-refractivity contribution is -0.118. The summed E-state index contributed by atoms with van der Waals surface area (Å²) >= 11 is 12.3. The average Bonchev–Trinajstić information content (AvgIpc) is 2.74. The number of benzene rings is 3. The molecular weight excluding hydrogens is 439 g/mol. The number of nitrogens with one attached hydrogen (secondary N) is 2. The summed E-state index contributed by atoms with van der Waals surface area (Å²) in [5.41, 5.74) is 3.27. The number of hydrogen-bond donors (Lipinski definition) is 3. The number of carboxylic acid groups (broad SMARTS) is 1. The molecule has 0 aromatic heterocycles. The second-order valence-electron chi connectivity index (χ2n) is 6.81. The minimum absolute atomic E-state index is 0.204. The number of amides is 1. The number of halogens is 2. The van der Waals surface area contributed by atoms with Crippen LogP contribution in [0.15, 0.2) is 60.7 Å². The molecule has 0 fully saturated rings. The van der Waals surface area contributed by atoms with Crippen molar-refractivity contribution >= 4 is 46.5 Å². The van der Waals surface area contributed by atoms with E-state index in [1.54, 1.807) is 42.5 Å². The van der Waals surface area contributed by atoms with Crippen molar-refractivity contribution in [2.75, 3.05) is 17.2 Å². The summed E-state index contributed by atoms with van der Waals surface area (Å²) in [5, 5.41) is 15.9. The Labute approximate surface area is 189 Å². The lowest BCUT2D eigenvalue weighted by Crippen LogP contribution is -2.20. The lowest BCUT2D eigenvalue weighted by Gasteiger charge is -2.12. The summed E-state index contributed by atoms with van der Waals surface area (Å²) in [4.78, 5) is 23.2. The van der Waals surface area contributed by atoms with E-state index >= 15 is 0 Å². The van der Waals surface area contributed by atoms with E-state index in [2.05, 4.69) is 10.6 Å². The van der Waals surface area contributed by atoms with Crippen molar-refractivity contribution < 1.29 is 19.4 Å². The Morgan fingerprint density at radius 3 is 2.48 bits per heavy atom. The van der Waals surface area contributed by atoms with Gasteiger partial charge in [-0.3, -0.25) is 4.79 Å². The largest absolute Gasteiger partial charge is 0.482 e. The predicted molar refractivity (Wildman–Crippen MR) is 122 cm³/mol. The highest BCUT2D eigenvalue weighted by Gasteiger charge is 2.09. The summed E-state index contributed by atoms with van der Waals surface area (Å²) < 4.78 is 5.52. The van der Waals surface area contributed by atoms with Crippen LogP contribution in [0.2, 0.25) is 10.0 Å². The third-order valence-corrected chi connectivity index (χ3v) is 5.12. The molecule has 160 valence electrons. The van der Waals surface area contributed by atoms with Gasteiger partial charge in [-0.25, -0.2) is 4.79 Å². The number of carbonyl (C=O) groups is 2. The number of carboxylic acids is 1. The Bertz CT molecular complexity index is 1120. The standard InChI is InChI=1S/C23H20Cl2N2O4/c1-14-5-7-18(11-19(14)24)27-22(28)13-31-21-8-6-15(9-20(21)25)12-26-17-4-2-3-16(10-17)23(29)30/h2-11,26H,12-13H2,1H3,(H,27,28)(H,29,30). The van der Waals surface area contributed by atoms with Crippen molar-refractivity contribution in [2.24, 2.45) is 0 Å². The Kier molecular flexibility index (Phi) is 7.39. The molecule has 0 heterocycles. The van der Waals surface area contributed by atoms with Gasteiger partial charge in [0.25, 0.3) is 5.91 Å². The zero-order valence-corrected chi connectivity index (χ0v) is 18.1. The van der Waals surface area contributed by atoms with Crippen molar-refractivity contribution in [3.05, 3.63) is 87.4 Å². The molecule has 8 heteroatoms. The first-order valence-electron chi connectivity index (χ1n) is 9.36. The molecule has 0 aliphatic rings. The van der Waals surface area contributed by atoms with Gasteiger partial charge in [0.1, 0.15) is 5.75 Å². The maximum atomic E-state index is 12.1. The molecule has 0 aliphatic carbocycles. The van der Waals surface area contributed by atoms with E-state index in [4.69, 9.17) is 33.0 Å². The third-order valence-electron chi connectivity index (χ3n) is 4.42. The van der Waals surface area contributed by atoms with Crippen molar-refractivity contribution in [3.8, 4) is 5.75 Å². The van der Waals surface area contributed by atoms with Crippen LogP contribution in [0.5, 0.6) is 5.75 Å². The molecule has 1 amide bonds. The monoisotopic (exact) mass is 458 g/mol. The Morgan fingerprint density at radius 2 is 1.77 bits per heavy atom. The van der Waals surface area contributed by atoms with E-state index in [-0.39, 0.29) is 18.1 Å². The fraction of sp³-hybridized carbons (Fsp3) is 0.130. The van der Waals surface area contributed by atoms with Crippen molar-refractivity contribution in [1.29, 1.82) is 0 Å². The Hall–Kier alpha value is -3.22. The summed E-state index contributed by atoms with van der Waals surface area (Å²) in [5.74, 6) is -0.932. The fourth-order valence-corrected chi connectivity index (χ4v) is 3.19. The molecule has 3 rings (SSSR count). The van der Waals surface area contributed by atoms with Gasteiger partial charge in [0.05, 0.1) is 10.6 Å².